The normalized spacial score (nSPS) is 16.4. The van der Waals surface area contributed by atoms with Crippen molar-refractivity contribution in [2.45, 2.75) is 0 Å². The number of hydrogen-bond donors (Lipinski definition) is 2. The number of fused-ring (bicyclic) bond motifs is 1. The molecule has 1 atom stereocenters. The van der Waals surface area contributed by atoms with Crippen LogP contribution in [-0.4, -0.2) is 18.5 Å². The summed E-state index contributed by atoms with van der Waals surface area (Å²) in [6.45, 7) is 0. The van der Waals surface area contributed by atoms with Crippen LogP contribution in [0.5, 0.6) is 0 Å². The molecule has 0 fully saturated rings. The first-order valence-corrected chi connectivity index (χ1v) is 4.56. The number of rotatable bonds is 1. The Morgan fingerprint density at radius 2 is 2.07 bits per heavy atom. The van der Waals surface area contributed by atoms with Gasteiger partial charge in [-0.15, -0.1) is 0 Å². The molecule has 1 aromatic rings. The van der Waals surface area contributed by atoms with Crippen molar-refractivity contribution in [3.63, 3.8) is 0 Å². The lowest BCUT2D eigenvalue weighted by Gasteiger charge is -2.20. The number of nitrogens with one attached hydrogen (secondary N) is 2. The number of benzene rings is 1. The van der Waals surface area contributed by atoms with Crippen LogP contribution in [0.1, 0.15) is 15.9 Å². The van der Waals surface area contributed by atoms with Crippen molar-refractivity contribution in [3.8, 4) is 0 Å². The molecule has 2 N–H and O–H groups in total. The van der Waals surface area contributed by atoms with Crippen molar-refractivity contribution in [2.75, 3.05) is 7.05 Å². The fraction of sp³-hybridized carbons (Fsp3) is 0.0909. The second-order valence-electron chi connectivity index (χ2n) is 3.40. The number of hydroxylamine groups is 1. The van der Waals surface area contributed by atoms with Crippen LogP contribution in [0.3, 0.4) is 0 Å². The third-order valence-corrected chi connectivity index (χ3v) is 2.39. The number of ketones is 1. The van der Waals surface area contributed by atoms with E-state index in [0.29, 0.717) is 16.8 Å². The maximum absolute atomic E-state index is 11.6. The van der Waals surface area contributed by atoms with Crippen molar-refractivity contribution in [1.82, 2.24) is 0 Å². The average molecular weight is 202 g/mol. The van der Waals surface area contributed by atoms with Crippen molar-refractivity contribution in [1.29, 1.82) is 5.41 Å². The van der Waals surface area contributed by atoms with Crippen molar-refractivity contribution in [3.05, 3.63) is 40.6 Å². The van der Waals surface area contributed by atoms with Gasteiger partial charge in [-0.05, 0) is 18.2 Å². The van der Waals surface area contributed by atoms with Gasteiger partial charge in [0, 0.05) is 17.2 Å². The first kappa shape index (κ1) is 9.76. The highest BCUT2D eigenvalue weighted by molar-refractivity contribution is 6.51. The highest BCUT2D eigenvalue weighted by Gasteiger charge is 2.21. The Morgan fingerprint density at radius 3 is 2.73 bits per heavy atom. The van der Waals surface area contributed by atoms with E-state index in [9.17, 15) is 10.0 Å². The molecule has 0 radical (unpaired) electrons. The van der Waals surface area contributed by atoms with Gasteiger partial charge in [0.1, 0.15) is 11.4 Å². The molecular formula is C11H10N2O2. The standard InChI is InChI=1S/C11H10N2O2/c1-13(15)10-4-2-3-8-7(10)5-6-9(12)11(8)14/h2-6,12-13H,1H3. The lowest BCUT2D eigenvalue weighted by molar-refractivity contribution is -0.751. The van der Waals surface area contributed by atoms with E-state index in [1.54, 1.807) is 24.3 Å². The zero-order valence-corrected chi connectivity index (χ0v) is 8.20. The first-order valence-electron chi connectivity index (χ1n) is 4.56. The molecule has 4 nitrogen and oxygen atoms in total. The van der Waals surface area contributed by atoms with Crippen LogP contribution in [-0.2, 0) is 0 Å². The summed E-state index contributed by atoms with van der Waals surface area (Å²) in [5.41, 5.74) is 1.56. The monoisotopic (exact) mass is 202 g/mol. The van der Waals surface area contributed by atoms with E-state index < -0.39 is 0 Å². The van der Waals surface area contributed by atoms with Crippen LogP contribution in [0.4, 0.5) is 5.69 Å². The topological polar surface area (TPSA) is 68.4 Å². The van der Waals surface area contributed by atoms with E-state index in [4.69, 9.17) is 5.41 Å². The summed E-state index contributed by atoms with van der Waals surface area (Å²) in [5, 5.41) is 18.6. The third kappa shape index (κ3) is 1.49. The Balaban J connectivity index is 2.66. The maximum atomic E-state index is 11.6. The van der Waals surface area contributed by atoms with Gasteiger partial charge < -0.3 is 10.3 Å². The molecule has 1 unspecified atom stereocenters. The van der Waals surface area contributed by atoms with Gasteiger partial charge in [0.25, 0.3) is 0 Å². The number of quaternary nitrogens is 1. The maximum Gasteiger partial charge on any atom is 0.211 e. The highest BCUT2D eigenvalue weighted by atomic mass is 16.5. The van der Waals surface area contributed by atoms with Crippen LogP contribution in [0.25, 0.3) is 6.08 Å². The van der Waals surface area contributed by atoms with E-state index in [-0.39, 0.29) is 16.6 Å². The molecule has 2 rings (SSSR count). The molecule has 1 aromatic carbocycles. The second-order valence-corrected chi connectivity index (χ2v) is 3.40. The lowest BCUT2D eigenvalue weighted by atomic mass is 9.93. The van der Waals surface area contributed by atoms with Crippen LogP contribution < -0.4 is 5.06 Å². The van der Waals surface area contributed by atoms with Crippen molar-refractivity contribution < 1.29 is 9.86 Å². The molecule has 0 spiro atoms. The number of Topliss-reactive ketones (excluding diaryl/α,β-unsaturated/α-hetero) is 1. The minimum Gasteiger partial charge on any atom is -0.629 e. The van der Waals surface area contributed by atoms with Gasteiger partial charge in [0.15, 0.2) is 0 Å². The SMILES string of the molecule is C[NH+]([O-])c1cccc2c1C=CC(=N)C2=O. The third-order valence-electron chi connectivity index (χ3n) is 2.39. The van der Waals surface area contributed by atoms with Gasteiger partial charge >= 0.3 is 0 Å². The Labute approximate surface area is 86.9 Å². The van der Waals surface area contributed by atoms with Crippen molar-refractivity contribution in [2.24, 2.45) is 0 Å². The molecule has 1 aliphatic rings. The van der Waals surface area contributed by atoms with Gasteiger partial charge in [-0.25, -0.2) is 0 Å². The van der Waals surface area contributed by atoms with Crippen molar-refractivity contribution >= 4 is 23.3 Å². The summed E-state index contributed by atoms with van der Waals surface area (Å²) in [5.74, 6) is -0.324. The molecule has 15 heavy (non-hydrogen) atoms. The predicted molar refractivity (Wildman–Crippen MR) is 57.4 cm³/mol. The summed E-state index contributed by atoms with van der Waals surface area (Å²) in [4.78, 5) is 11.6. The van der Waals surface area contributed by atoms with Crippen LogP contribution >= 0.6 is 0 Å². The van der Waals surface area contributed by atoms with Gasteiger partial charge in [-0.2, -0.15) is 0 Å². The van der Waals surface area contributed by atoms with Gasteiger partial charge in [-0.3, -0.25) is 10.2 Å². The van der Waals surface area contributed by atoms with Crippen LogP contribution in [0.2, 0.25) is 0 Å². The Morgan fingerprint density at radius 1 is 1.33 bits per heavy atom. The summed E-state index contributed by atoms with van der Waals surface area (Å²) in [6, 6.07) is 5.00. The predicted octanol–water partition coefficient (Wildman–Crippen LogP) is 0.560. The highest BCUT2D eigenvalue weighted by Crippen LogP contribution is 2.22. The van der Waals surface area contributed by atoms with Crippen LogP contribution in [0.15, 0.2) is 24.3 Å². The summed E-state index contributed by atoms with van der Waals surface area (Å²) < 4.78 is 0. The molecular weight excluding hydrogens is 192 g/mol. The number of carbonyl (C=O) groups is 1. The number of carbonyl (C=O) groups excluding carboxylic acids is 1. The van der Waals surface area contributed by atoms with Gasteiger partial charge in [0.05, 0.1) is 7.05 Å². The summed E-state index contributed by atoms with van der Waals surface area (Å²) in [6.07, 6.45) is 3.08. The van der Waals surface area contributed by atoms with Gasteiger partial charge in [-0.1, -0.05) is 6.07 Å². The zero-order chi connectivity index (χ0) is 11.0. The summed E-state index contributed by atoms with van der Waals surface area (Å²) >= 11 is 0. The molecule has 0 bridgehead atoms. The Kier molecular flexibility index (Phi) is 2.22. The molecule has 0 aliphatic heterocycles. The minimum atomic E-state index is -0.324. The molecule has 0 saturated heterocycles. The second kappa shape index (κ2) is 3.42. The Hall–Kier alpha value is -1.78. The fourth-order valence-corrected chi connectivity index (χ4v) is 1.64. The smallest absolute Gasteiger partial charge is 0.211 e. The molecule has 76 valence electrons. The molecule has 4 heteroatoms. The van der Waals surface area contributed by atoms with E-state index in [1.807, 2.05) is 0 Å². The molecule has 0 saturated carbocycles. The molecule has 0 heterocycles. The quantitative estimate of drug-likeness (QED) is 0.653. The number of allylic oxidation sites excluding steroid dienone is 1. The molecule has 0 amide bonds. The largest absolute Gasteiger partial charge is 0.629 e. The average Bonchev–Trinajstić information content (AvgIpc) is 2.23. The van der Waals surface area contributed by atoms with E-state index in [1.165, 1.54) is 13.1 Å². The van der Waals surface area contributed by atoms with E-state index in [2.05, 4.69) is 0 Å². The minimum absolute atomic E-state index is 0.0387. The zero-order valence-electron chi connectivity index (χ0n) is 8.20. The Bertz CT molecular complexity index is 475. The molecule has 1 aliphatic carbocycles. The molecule has 0 aromatic heterocycles. The van der Waals surface area contributed by atoms with Crippen LogP contribution in [0, 0.1) is 10.6 Å². The fourth-order valence-electron chi connectivity index (χ4n) is 1.64. The number of hydrogen-bond acceptors (Lipinski definition) is 3. The van der Waals surface area contributed by atoms with E-state index >= 15 is 0 Å². The summed E-state index contributed by atoms with van der Waals surface area (Å²) in [7, 11) is 1.47. The van der Waals surface area contributed by atoms with Gasteiger partial charge in [0.2, 0.25) is 5.78 Å². The lowest BCUT2D eigenvalue weighted by Crippen LogP contribution is -2.98. The first-order chi connectivity index (χ1) is 7.11. The van der Waals surface area contributed by atoms with E-state index in [0.717, 1.165) is 0 Å².